The van der Waals surface area contributed by atoms with Crippen molar-refractivity contribution < 1.29 is 9.53 Å². The molecule has 0 fully saturated rings. The molecule has 0 spiro atoms. The molecule has 0 aliphatic carbocycles. The number of ether oxygens (including phenoxy) is 1. The van der Waals surface area contributed by atoms with E-state index in [0.29, 0.717) is 35.7 Å². The van der Waals surface area contributed by atoms with Gasteiger partial charge in [-0.25, -0.2) is 4.98 Å². The summed E-state index contributed by atoms with van der Waals surface area (Å²) in [5.41, 5.74) is 2.49. The SMILES string of the molecule is CCc1nc(C)c2c(=O)n(CC)c3ccc(OCC(C)=O)nc3n12. The second kappa shape index (κ2) is 6.07. The molecule has 0 aromatic carbocycles. The van der Waals surface area contributed by atoms with E-state index in [-0.39, 0.29) is 17.9 Å². The van der Waals surface area contributed by atoms with Crippen LogP contribution in [0.5, 0.6) is 5.88 Å². The van der Waals surface area contributed by atoms with Crippen molar-refractivity contribution in [2.75, 3.05) is 6.61 Å². The zero-order chi connectivity index (χ0) is 17.4. The van der Waals surface area contributed by atoms with Crippen LogP contribution in [0.15, 0.2) is 16.9 Å². The first-order chi connectivity index (χ1) is 11.5. The zero-order valence-electron chi connectivity index (χ0n) is 14.3. The molecule has 3 rings (SSSR count). The summed E-state index contributed by atoms with van der Waals surface area (Å²) < 4.78 is 8.91. The van der Waals surface area contributed by atoms with Crippen molar-refractivity contribution in [2.45, 2.75) is 40.7 Å². The first-order valence-electron chi connectivity index (χ1n) is 8.01. The summed E-state index contributed by atoms with van der Waals surface area (Å²) in [7, 11) is 0. The molecule has 0 aliphatic heterocycles. The summed E-state index contributed by atoms with van der Waals surface area (Å²) in [6, 6.07) is 3.48. The van der Waals surface area contributed by atoms with Crippen LogP contribution in [-0.2, 0) is 17.8 Å². The minimum absolute atomic E-state index is 0.0291. The normalized spacial score (nSPS) is 11.3. The number of pyridine rings is 1. The van der Waals surface area contributed by atoms with Crippen molar-refractivity contribution in [1.82, 2.24) is 18.9 Å². The molecule has 0 aliphatic rings. The number of carbonyl (C=O) groups is 1. The maximum absolute atomic E-state index is 12.8. The van der Waals surface area contributed by atoms with Crippen molar-refractivity contribution in [3.8, 4) is 5.88 Å². The van der Waals surface area contributed by atoms with Gasteiger partial charge in [0.2, 0.25) is 5.88 Å². The van der Waals surface area contributed by atoms with Gasteiger partial charge in [-0.05, 0) is 26.8 Å². The third-order valence-electron chi connectivity index (χ3n) is 3.96. The molecule has 0 atom stereocenters. The van der Waals surface area contributed by atoms with Gasteiger partial charge in [-0.2, -0.15) is 4.98 Å². The maximum Gasteiger partial charge on any atom is 0.277 e. The Hall–Kier alpha value is -2.70. The van der Waals surface area contributed by atoms with Crippen molar-refractivity contribution in [3.63, 3.8) is 0 Å². The number of nitrogens with zero attached hydrogens (tertiary/aromatic N) is 4. The Labute approximate surface area is 138 Å². The molecule has 0 unspecified atom stereocenters. The van der Waals surface area contributed by atoms with Crippen LogP contribution in [0.4, 0.5) is 0 Å². The van der Waals surface area contributed by atoms with Crippen LogP contribution in [0, 0.1) is 6.92 Å². The van der Waals surface area contributed by atoms with E-state index in [0.717, 1.165) is 11.3 Å². The Kier molecular flexibility index (Phi) is 4.09. The van der Waals surface area contributed by atoms with Crippen LogP contribution in [-0.4, -0.2) is 31.3 Å². The van der Waals surface area contributed by atoms with Crippen molar-refractivity contribution in [3.05, 3.63) is 34.0 Å². The van der Waals surface area contributed by atoms with E-state index < -0.39 is 0 Å². The Morgan fingerprint density at radius 1 is 1.25 bits per heavy atom. The lowest BCUT2D eigenvalue weighted by Gasteiger charge is -2.12. The lowest BCUT2D eigenvalue weighted by atomic mass is 10.3. The number of aryl methyl sites for hydroxylation is 3. The highest BCUT2D eigenvalue weighted by Crippen LogP contribution is 2.20. The van der Waals surface area contributed by atoms with Crippen LogP contribution in [0.2, 0.25) is 0 Å². The zero-order valence-corrected chi connectivity index (χ0v) is 14.3. The fourth-order valence-electron chi connectivity index (χ4n) is 2.91. The largest absolute Gasteiger partial charge is 0.470 e. The molecule has 24 heavy (non-hydrogen) atoms. The maximum atomic E-state index is 12.8. The smallest absolute Gasteiger partial charge is 0.277 e. The van der Waals surface area contributed by atoms with Crippen LogP contribution in [0.3, 0.4) is 0 Å². The highest BCUT2D eigenvalue weighted by molar-refractivity contribution is 5.78. The first-order valence-corrected chi connectivity index (χ1v) is 8.01. The van der Waals surface area contributed by atoms with E-state index in [9.17, 15) is 9.59 Å². The molecule has 3 aromatic heterocycles. The van der Waals surface area contributed by atoms with Gasteiger partial charge in [-0.3, -0.25) is 14.0 Å². The van der Waals surface area contributed by atoms with Crippen LogP contribution in [0.25, 0.3) is 16.7 Å². The number of hydrogen-bond acceptors (Lipinski definition) is 5. The van der Waals surface area contributed by atoms with Crippen molar-refractivity contribution in [1.29, 1.82) is 0 Å². The van der Waals surface area contributed by atoms with E-state index in [2.05, 4.69) is 9.97 Å². The fraction of sp³-hybridized carbons (Fsp3) is 0.412. The van der Waals surface area contributed by atoms with Gasteiger partial charge in [0.25, 0.3) is 5.56 Å². The summed E-state index contributed by atoms with van der Waals surface area (Å²) in [4.78, 5) is 33.0. The quantitative estimate of drug-likeness (QED) is 0.715. The highest BCUT2D eigenvalue weighted by Gasteiger charge is 2.18. The molecule has 126 valence electrons. The number of hydrogen-bond donors (Lipinski definition) is 0. The number of fused-ring (bicyclic) bond motifs is 3. The monoisotopic (exact) mass is 328 g/mol. The van der Waals surface area contributed by atoms with Crippen molar-refractivity contribution in [2.24, 2.45) is 0 Å². The highest BCUT2D eigenvalue weighted by atomic mass is 16.5. The van der Waals surface area contributed by atoms with E-state index >= 15 is 0 Å². The second-order valence-corrected chi connectivity index (χ2v) is 5.68. The summed E-state index contributed by atoms with van der Waals surface area (Å²) in [5.74, 6) is 1.06. The molecule has 7 heteroatoms. The van der Waals surface area contributed by atoms with E-state index in [1.54, 1.807) is 21.1 Å². The average molecular weight is 328 g/mol. The van der Waals surface area contributed by atoms with Gasteiger partial charge in [-0.1, -0.05) is 6.92 Å². The van der Waals surface area contributed by atoms with Gasteiger partial charge in [0.05, 0.1) is 11.2 Å². The second-order valence-electron chi connectivity index (χ2n) is 5.68. The molecule has 0 amide bonds. The van der Waals surface area contributed by atoms with Gasteiger partial charge in [-0.15, -0.1) is 0 Å². The summed E-state index contributed by atoms with van der Waals surface area (Å²) in [5, 5.41) is 0. The minimum atomic E-state index is -0.0757. The fourth-order valence-corrected chi connectivity index (χ4v) is 2.91. The Morgan fingerprint density at radius 3 is 2.62 bits per heavy atom. The molecule has 3 heterocycles. The predicted octanol–water partition coefficient (Wildman–Crippen LogP) is 1.90. The van der Waals surface area contributed by atoms with E-state index in [1.165, 1.54) is 6.92 Å². The summed E-state index contributed by atoms with van der Waals surface area (Å²) in [6.45, 7) is 7.71. The summed E-state index contributed by atoms with van der Waals surface area (Å²) >= 11 is 0. The molecule has 0 bridgehead atoms. The molecular weight excluding hydrogens is 308 g/mol. The minimum Gasteiger partial charge on any atom is -0.470 e. The topological polar surface area (TPSA) is 78.5 Å². The standard InChI is InChI=1S/C17H20N4O3/c1-5-13-18-11(4)15-17(23)20(6-2)12-7-8-14(24-9-10(3)22)19-16(12)21(13)15/h7-8H,5-6,9H2,1-4H3. The number of rotatable bonds is 5. The number of carbonyl (C=O) groups excluding carboxylic acids is 1. The summed E-state index contributed by atoms with van der Waals surface area (Å²) in [6.07, 6.45) is 0.680. The third-order valence-corrected chi connectivity index (χ3v) is 3.96. The molecule has 3 aromatic rings. The lowest BCUT2D eigenvalue weighted by molar-refractivity contribution is -0.119. The van der Waals surface area contributed by atoms with Crippen molar-refractivity contribution >= 4 is 22.5 Å². The Balaban J connectivity index is 2.38. The van der Waals surface area contributed by atoms with Gasteiger partial charge in [0.1, 0.15) is 17.9 Å². The number of aromatic nitrogens is 4. The Bertz CT molecular complexity index is 1000. The molecule has 0 saturated carbocycles. The molecule has 7 nitrogen and oxygen atoms in total. The van der Waals surface area contributed by atoms with Crippen LogP contribution in [0.1, 0.15) is 32.3 Å². The first kappa shape index (κ1) is 16.2. The number of ketones is 1. The third kappa shape index (κ3) is 2.46. The van der Waals surface area contributed by atoms with Gasteiger partial charge >= 0.3 is 0 Å². The molecule has 0 saturated heterocycles. The molecular formula is C17H20N4O3. The van der Waals surface area contributed by atoms with E-state index in [1.807, 2.05) is 20.8 Å². The number of Topliss-reactive ketones (excluding diaryl/α,β-unsaturated/α-hetero) is 1. The van der Waals surface area contributed by atoms with E-state index in [4.69, 9.17) is 4.74 Å². The molecule has 0 radical (unpaired) electrons. The van der Waals surface area contributed by atoms with Crippen LogP contribution < -0.4 is 10.3 Å². The predicted molar refractivity (Wildman–Crippen MR) is 90.7 cm³/mol. The van der Waals surface area contributed by atoms with Gasteiger partial charge in [0, 0.05) is 19.0 Å². The lowest BCUT2D eigenvalue weighted by Crippen LogP contribution is -2.23. The van der Waals surface area contributed by atoms with Crippen LogP contribution >= 0.6 is 0 Å². The Morgan fingerprint density at radius 2 is 2.00 bits per heavy atom. The van der Waals surface area contributed by atoms with Gasteiger partial charge in [0.15, 0.2) is 11.4 Å². The molecule has 0 N–H and O–H groups in total. The van der Waals surface area contributed by atoms with Gasteiger partial charge < -0.3 is 9.30 Å². The number of imidazole rings is 1. The average Bonchev–Trinajstić information content (AvgIpc) is 2.90.